The summed E-state index contributed by atoms with van der Waals surface area (Å²) in [6.45, 7) is 0. The van der Waals surface area contributed by atoms with Crippen molar-refractivity contribution in [3.63, 3.8) is 0 Å². The van der Waals surface area contributed by atoms with Crippen LogP contribution in [0.25, 0.3) is 0 Å². The number of anilines is 1. The molecule has 1 aromatic carbocycles. The third-order valence-corrected chi connectivity index (χ3v) is 2.65. The summed E-state index contributed by atoms with van der Waals surface area (Å²) in [6.07, 6.45) is 0. The molecular formula is C7H6ClIN2O2. The van der Waals surface area contributed by atoms with E-state index < -0.39 is 5.97 Å². The maximum absolute atomic E-state index is 10.6. The molecule has 0 saturated heterocycles. The van der Waals surface area contributed by atoms with Crippen molar-refractivity contribution < 1.29 is 9.90 Å². The van der Waals surface area contributed by atoms with Gasteiger partial charge in [-0.3, -0.25) is 5.84 Å². The van der Waals surface area contributed by atoms with E-state index in [1.165, 1.54) is 12.1 Å². The molecule has 0 radical (unpaired) electrons. The van der Waals surface area contributed by atoms with Crippen LogP contribution in [0.2, 0.25) is 5.02 Å². The van der Waals surface area contributed by atoms with Crippen LogP contribution >= 0.6 is 34.2 Å². The second-order valence-corrected chi connectivity index (χ2v) is 3.83. The van der Waals surface area contributed by atoms with Crippen LogP contribution in [0.4, 0.5) is 5.69 Å². The van der Waals surface area contributed by atoms with Crippen molar-refractivity contribution in [1.82, 2.24) is 0 Å². The van der Waals surface area contributed by atoms with E-state index in [4.69, 9.17) is 22.6 Å². The van der Waals surface area contributed by atoms with Crippen molar-refractivity contribution >= 4 is 45.8 Å². The SMILES string of the molecule is NNc1cc(Cl)c(C(=O)O)cc1I. The topological polar surface area (TPSA) is 75.3 Å². The summed E-state index contributed by atoms with van der Waals surface area (Å²) >= 11 is 7.67. The second-order valence-electron chi connectivity index (χ2n) is 2.26. The molecule has 0 amide bonds. The molecule has 0 bridgehead atoms. The number of benzene rings is 1. The molecule has 0 aliphatic rings. The standard InChI is InChI=1S/C7H6ClIN2O2/c8-4-2-6(11-10)5(9)1-3(4)7(12)13/h1-2,11H,10H2,(H,12,13). The Balaban J connectivity index is 3.28. The monoisotopic (exact) mass is 312 g/mol. The number of carboxylic acid groups (broad SMARTS) is 1. The summed E-state index contributed by atoms with van der Waals surface area (Å²) in [5.41, 5.74) is 3.10. The summed E-state index contributed by atoms with van der Waals surface area (Å²) in [4.78, 5) is 10.6. The summed E-state index contributed by atoms with van der Waals surface area (Å²) in [5.74, 6) is 4.14. The molecule has 0 unspecified atom stereocenters. The molecule has 1 aromatic rings. The fourth-order valence-electron chi connectivity index (χ4n) is 0.821. The molecule has 4 N–H and O–H groups in total. The molecule has 0 saturated carbocycles. The Morgan fingerprint density at radius 2 is 2.23 bits per heavy atom. The number of rotatable bonds is 2. The second kappa shape index (κ2) is 4.12. The van der Waals surface area contributed by atoms with Gasteiger partial charge >= 0.3 is 5.97 Å². The van der Waals surface area contributed by atoms with E-state index in [0.717, 1.165) is 0 Å². The molecule has 0 spiro atoms. The van der Waals surface area contributed by atoms with E-state index in [1.54, 1.807) is 0 Å². The number of nitrogens with two attached hydrogens (primary N) is 1. The summed E-state index contributed by atoms with van der Waals surface area (Å²) in [6, 6.07) is 2.94. The first-order valence-corrected chi connectivity index (χ1v) is 4.71. The first-order valence-electron chi connectivity index (χ1n) is 3.25. The van der Waals surface area contributed by atoms with Gasteiger partial charge in [-0.15, -0.1) is 0 Å². The normalized spacial score (nSPS) is 9.77. The first kappa shape index (κ1) is 10.6. The van der Waals surface area contributed by atoms with Gasteiger partial charge in [0.15, 0.2) is 0 Å². The van der Waals surface area contributed by atoms with Crippen LogP contribution in [-0.4, -0.2) is 11.1 Å². The Kier molecular flexibility index (Phi) is 3.34. The van der Waals surface area contributed by atoms with Crippen LogP contribution in [0.5, 0.6) is 0 Å². The number of hydrogen-bond donors (Lipinski definition) is 3. The smallest absolute Gasteiger partial charge is 0.337 e. The highest BCUT2D eigenvalue weighted by molar-refractivity contribution is 14.1. The van der Waals surface area contributed by atoms with Crippen molar-refractivity contribution in [2.24, 2.45) is 5.84 Å². The van der Waals surface area contributed by atoms with Gasteiger partial charge in [-0.05, 0) is 34.7 Å². The van der Waals surface area contributed by atoms with Crippen LogP contribution in [0.15, 0.2) is 12.1 Å². The molecular weight excluding hydrogens is 306 g/mol. The number of halogens is 2. The minimum Gasteiger partial charge on any atom is -0.478 e. The van der Waals surface area contributed by atoms with E-state index >= 15 is 0 Å². The maximum Gasteiger partial charge on any atom is 0.337 e. The minimum absolute atomic E-state index is 0.0741. The van der Waals surface area contributed by atoms with Crippen molar-refractivity contribution in [2.75, 3.05) is 5.43 Å². The van der Waals surface area contributed by atoms with E-state index in [0.29, 0.717) is 9.26 Å². The first-order chi connectivity index (χ1) is 6.06. The number of nitrogen functional groups attached to an aromatic ring is 1. The average molecular weight is 312 g/mol. The Morgan fingerprint density at radius 1 is 1.62 bits per heavy atom. The van der Waals surface area contributed by atoms with Gasteiger partial charge < -0.3 is 10.5 Å². The molecule has 70 valence electrons. The van der Waals surface area contributed by atoms with Gasteiger partial charge in [-0.1, -0.05) is 11.6 Å². The molecule has 0 heterocycles. The minimum atomic E-state index is -1.05. The van der Waals surface area contributed by atoms with Gasteiger partial charge in [-0.25, -0.2) is 4.79 Å². The Labute approximate surface area is 93.2 Å². The quantitative estimate of drug-likeness (QED) is 0.443. The number of carbonyl (C=O) groups is 1. The van der Waals surface area contributed by atoms with E-state index in [-0.39, 0.29) is 10.6 Å². The molecule has 6 heteroatoms. The summed E-state index contributed by atoms with van der Waals surface area (Å²) in [7, 11) is 0. The predicted molar refractivity (Wildman–Crippen MR) is 58.9 cm³/mol. The number of hydrogen-bond acceptors (Lipinski definition) is 3. The zero-order chi connectivity index (χ0) is 10.0. The number of carboxylic acids is 1. The highest BCUT2D eigenvalue weighted by Crippen LogP contribution is 2.25. The van der Waals surface area contributed by atoms with Crippen LogP contribution in [-0.2, 0) is 0 Å². The van der Waals surface area contributed by atoms with Gasteiger partial charge in [0.1, 0.15) is 0 Å². The van der Waals surface area contributed by atoms with Crippen molar-refractivity contribution in [1.29, 1.82) is 0 Å². The highest BCUT2D eigenvalue weighted by Gasteiger charge is 2.11. The summed E-state index contributed by atoms with van der Waals surface area (Å²) in [5, 5.41) is 8.88. The average Bonchev–Trinajstić information content (AvgIpc) is 2.07. The Hall–Kier alpha value is -0.530. The Morgan fingerprint density at radius 3 is 2.69 bits per heavy atom. The van der Waals surface area contributed by atoms with Crippen LogP contribution in [0.1, 0.15) is 10.4 Å². The highest BCUT2D eigenvalue weighted by atomic mass is 127. The third kappa shape index (κ3) is 2.23. The van der Waals surface area contributed by atoms with Crippen molar-refractivity contribution in [3.05, 3.63) is 26.3 Å². The molecule has 0 aliphatic heterocycles. The molecule has 13 heavy (non-hydrogen) atoms. The van der Waals surface area contributed by atoms with Crippen LogP contribution in [0.3, 0.4) is 0 Å². The molecule has 0 atom stereocenters. The predicted octanol–water partition coefficient (Wildman–Crippen LogP) is 1.93. The Bertz CT molecular complexity index is 357. The fourth-order valence-corrected chi connectivity index (χ4v) is 1.69. The molecule has 0 aromatic heterocycles. The third-order valence-electron chi connectivity index (χ3n) is 1.44. The zero-order valence-corrected chi connectivity index (χ0v) is 9.26. The summed E-state index contributed by atoms with van der Waals surface area (Å²) < 4.78 is 0.710. The molecule has 0 fully saturated rings. The lowest BCUT2D eigenvalue weighted by Crippen LogP contribution is -2.09. The van der Waals surface area contributed by atoms with E-state index in [2.05, 4.69) is 5.43 Å². The van der Waals surface area contributed by atoms with E-state index in [1.807, 2.05) is 22.6 Å². The van der Waals surface area contributed by atoms with Crippen molar-refractivity contribution in [2.45, 2.75) is 0 Å². The molecule has 4 nitrogen and oxygen atoms in total. The van der Waals surface area contributed by atoms with Crippen LogP contribution < -0.4 is 11.3 Å². The lowest BCUT2D eigenvalue weighted by Gasteiger charge is -2.05. The van der Waals surface area contributed by atoms with Gasteiger partial charge in [-0.2, -0.15) is 0 Å². The van der Waals surface area contributed by atoms with Gasteiger partial charge in [0, 0.05) is 3.57 Å². The number of nitrogens with one attached hydrogen (secondary N) is 1. The lowest BCUT2D eigenvalue weighted by molar-refractivity contribution is 0.0697. The van der Waals surface area contributed by atoms with E-state index in [9.17, 15) is 4.79 Å². The maximum atomic E-state index is 10.6. The van der Waals surface area contributed by atoms with Gasteiger partial charge in [0.25, 0.3) is 0 Å². The van der Waals surface area contributed by atoms with Crippen LogP contribution in [0, 0.1) is 3.57 Å². The number of aromatic carboxylic acids is 1. The van der Waals surface area contributed by atoms with Crippen molar-refractivity contribution in [3.8, 4) is 0 Å². The molecule has 1 rings (SSSR count). The van der Waals surface area contributed by atoms with Gasteiger partial charge in [0.05, 0.1) is 16.3 Å². The van der Waals surface area contributed by atoms with Gasteiger partial charge in [0.2, 0.25) is 0 Å². The largest absolute Gasteiger partial charge is 0.478 e. The zero-order valence-electron chi connectivity index (χ0n) is 6.34. The lowest BCUT2D eigenvalue weighted by atomic mass is 10.2. The fraction of sp³-hybridized carbons (Fsp3) is 0. The molecule has 0 aliphatic carbocycles. The number of hydrazine groups is 1.